The van der Waals surface area contributed by atoms with Gasteiger partial charge in [0.25, 0.3) is 0 Å². The molecule has 0 fully saturated rings. The molecule has 21 heavy (non-hydrogen) atoms. The number of alkyl halides is 3. The van der Waals surface area contributed by atoms with Gasteiger partial charge in [0.1, 0.15) is 17.7 Å². The van der Waals surface area contributed by atoms with Gasteiger partial charge >= 0.3 is 6.18 Å². The van der Waals surface area contributed by atoms with E-state index in [2.05, 4.69) is 4.98 Å². The van der Waals surface area contributed by atoms with Crippen LogP contribution in [0.4, 0.5) is 23.4 Å². The highest BCUT2D eigenvalue weighted by atomic mass is 19.4. The molecule has 7 heteroatoms. The van der Waals surface area contributed by atoms with E-state index in [0.717, 1.165) is 6.07 Å². The molecule has 0 saturated heterocycles. The Morgan fingerprint density at radius 1 is 1.24 bits per heavy atom. The van der Waals surface area contributed by atoms with Crippen molar-refractivity contribution in [2.45, 2.75) is 19.2 Å². The Morgan fingerprint density at radius 2 is 1.90 bits per heavy atom. The lowest BCUT2D eigenvalue weighted by atomic mass is 9.96. The van der Waals surface area contributed by atoms with Crippen LogP contribution < -0.4 is 5.73 Å². The number of nitrogens with two attached hydrogens (primary N) is 1. The van der Waals surface area contributed by atoms with E-state index in [1.807, 2.05) is 0 Å². The van der Waals surface area contributed by atoms with Gasteiger partial charge in [0.15, 0.2) is 0 Å². The molecule has 0 aliphatic carbocycles. The van der Waals surface area contributed by atoms with Crippen LogP contribution in [0.2, 0.25) is 0 Å². The first-order valence-corrected chi connectivity index (χ1v) is 5.97. The summed E-state index contributed by atoms with van der Waals surface area (Å²) in [4.78, 5) is 3.78. The topological polar surface area (TPSA) is 59.1 Å². The van der Waals surface area contributed by atoms with Crippen LogP contribution >= 0.6 is 0 Å². The molecule has 0 bridgehead atoms. The Morgan fingerprint density at radius 3 is 2.48 bits per heavy atom. The molecule has 1 aromatic carbocycles. The Hall–Kier alpha value is -2.15. The number of pyridine rings is 1. The van der Waals surface area contributed by atoms with Crippen LogP contribution in [0.25, 0.3) is 0 Å². The quantitative estimate of drug-likeness (QED) is 0.837. The highest BCUT2D eigenvalue weighted by Crippen LogP contribution is 2.34. The molecular weight excluding hydrogens is 288 g/mol. The summed E-state index contributed by atoms with van der Waals surface area (Å²) in [6, 6.07) is 3.46. The maximum Gasteiger partial charge on any atom is 0.416 e. The van der Waals surface area contributed by atoms with Crippen molar-refractivity contribution in [3.63, 3.8) is 0 Å². The van der Waals surface area contributed by atoms with E-state index in [1.54, 1.807) is 13.0 Å². The zero-order valence-electron chi connectivity index (χ0n) is 10.9. The Labute approximate surface area is 118 Å². The summed E-state index contributed by atoms with van der Waals surface area (Å²) >= 11 is 0. The Balaban J connectivity index is 2.54. The van der Waals surface area contributed by atoms with Crippen LogP contribution in [-0.4, -0.2) is 10.1 Å². The van der Waals surface area contributed by atoms with Crippen LogP contribution in [0.1, 0.15) is 28.4 Å². The summed E-state index contributed by atoms with van der Waals surface area (Å²) in [6.07, 6.45) is -4.78. The molecular formula is C14H12F4N2O. The largest absolute Gasteiger partial charge is 0.416 e. The normalized spacial score (nSPS) is 13.2. The number of hydrogen-bond donors (Lipinski definition) is 2. The molecule has 1 aromatic heterocycles. The second-order valence-corrected chi connectivity index (χ2v) is 4.60. The Kier molecular flexibility index (Phi) is 3.87. The van der Waals surface area contributed by atoms with Crippen LogP contribution in [0.5, 0.6) is 0 Å². The summed E-state index contributed by atoms with van der Waals surface area (Å²) in [5.41, 5.74) is 4.95. The molecule has 1 unspecified atom stereocenters. The van der Waals surface area contributed by atoms with Crippen molar-refractivity contribution in [3.05, 3.63) is 58.5 Å². The highest BCUT2D eigenvalue weighted by Gasteiger charge is 2.32. The van der Waals surface area contributed by atoms with Crippen molar-refractivity contribution >= 4 is 5.82 Å². The summed E-state index contributed by atoms with van der Waals surface area (Å²) in [5.74, 6) is -1.10. The average molecular weight is 300 g/mol. The summed E-state index contributed by atoms with van der Waals surface area (Å²) in [5, 5.41) is 10.2. The maximum atomic E-state index is 13.4. The molecule has 0 aliphatic heterocycles. The number of aliphatic hydroxyl groups excluding tert-OH is 1. The van der Waals surface area contributed by atoms with Crippen LogP contribution in [0.15, 0.2) is 30.5 Å². The molecule has 3 N–H and O–H groups in total. The lowest BCUT2D eigenvalue weighted by Gasteiger charge is -2.17. The third-order valence-corrected chi connectivity index (χ3v) is 3.08. The van der Waals surface area contributed by atoms with Crippen LogP contribution in [0, 0.1) is 12.7 Å². The van der Waals surface area contributed by atoms with E-state index >= 15 is 0 Å². The van der Waals surface area contributed by atoms with Crippen molar-refractivity contribution < 1.29 is 22.7 Å². The molecule has 0 amide bonds. The van der Waals surface area contributed by atoms with Gasteiger partial charge in [-0.05, 0) is 42.3 Å². The fourth-order valence-electron chi connectivity index (χ4n) is 2.05. The lowest BCUT2D eigenvalue weighted by molar-refractivity contribution is -0.137. The first-order chi connectivity index (χ1) is 9.70. The monoisotopic (exact) mass is 300 g/mol. The van der Waals surface area contributed by atoms with Gasteiger partial charge in [0.05, 0.1) is 5.56 Å². The van der Waals surface area contributed by atoms with E-state index in [9.17, 15) is 22.7 Å². The van der Waals surface area contributed by atoms with E-state index in [4.69, 9.17) is 5.73 Å². The average Bonchev–Trinajstić information content (AvgIpc) is 2.36. The third-order valence-electron chi connectivity index (χ3n) is 3.08. The van der Waals surface area contributed by atoms with E-state index < -0.39 is 23.7 Å². The highest BCUT2D eigenvalue weighted by molar-refractivity contribution is 5.49. The molecule has 0 spiro atoms. The second kappa shape index (κ2) is 5.33. The first kappa shape index (κ1) is 15.2. The standard InChI is InChI=1S/C14H12F4N2O/c1-7-2-3-20-13(19)11(7)12(21)8-4-9(14(16,17)18)6-10(15)5-8/h2-6,12,21H,1H3,(H2,19,20). The van der Waals surface area contributed by atoms with Gasteiger partial charge in [0, 0.05) is 11.8 Å². The van der Waals surface area contributed by atoms with Crippen LogP contribution in [0.3, 0.4) is 0 Å². The third kappa shape index (κ3) is 3.13. The number of hydrogen-bond acceptors (Lipinski definition) is 3. The van der Waals surface area contributed by atoms with Gasteiger partial charge in [0.2, 0.25) is 0 Å². The fraction of sp³-hybridized carbons (Fsp3) is 0.214. The van der Waals surface area contributed by atoms with Crippen molar-refractivity contribution in [2.75, 3.05) is 5.73 Å². The van der Waals surface area contributed by atoms with Gasteiger partial charge in [-0.1, -0.05) is 0 Å². The summed E-state index contributed by atoms with van der Waals surface area (Å²) in [6.45, 7) is 1.63. The zero-order chi connectivity index (χ0) is 15.8. The first-order valence-electron chi connectivity index (χ1n) is 5.97. The summed E-state index contributed by atoms with van der Waals surface area (Å²) in [7, 11) is 0. The zero-order valence-corrected chi connectivity index (χ0v) is 10.9. The number of benzene rings is 1. The van der Waals surface area contributed by atoms with Gasteiger partial charge < -0.3 is 10.8 Å². The van der Waals surface area contributed by atoms with Crippen molar-refractivity contribution in [3.8, 4) is 0 Å². The number of rotatable bonds is 2. The van der Waals surface area contributed by atoms with E-state index in [-0.39, 0.29) is 16.9 Å². The van der Waals surface area contributed by atoms with Crippen molar-refractivity contribution in [1.82, 2.24) is 4.98 Å². The number of aliphatic hydroxyl groups is 1. The molecule has 2 aromatic rings. The van der Waals surface area contributed by atoms with Crippen molar-refractivity contribution in [1.29, 1.82) is 0 Å². The van der Waals surface area contributed by atoms with Gasteiger partial charge in [-0.3, -0.25) is 0 Å². The number of aryl methyl sites for hydroxylation is 1. The smallest absolute Gasteiger partial charge is 0.384 e. The molecule has 0 radical (unpaired) electrons. The summed E-state index contributed by atoms with van der Waals surface area (Å²) < 4.78 is 51.4. The molecule has 2 rings (SSSR count). The molecule has 1 heterocycles. The van der Waals surface area contributed by atoms with E-state index in [0.29, 0.717) is 17.7 Å². The van der Waals surface area contributed by atoms with Gasteiger partial charge in [-0.2, -0.15) is 13.2 Å². The van der Waals surface area contributed by atoms with Crippen LogP contribution in [-0.2, 0) is 6.18 Å². The van der Waals surface area contributed by atoms with E-state index in [1.165, 1.54) is 6.20 Å². The van der Waals surface area contributed by atoms with Crippen molar-refractivity contribution in [2.24, 2.45) is 0 Å². The predicted molar refractivity (Wildman–Crippen MR) is 68.9 cm³/mol. The molecule has 1 atom stereocenters. The number of nitrogen functional groups attached to an aromatic ring is 1. The SMILES string of the molecule is Cc1ccnc(N)c1C(O)c1cc(F)cc(C(F)(F)F)c1. The molecule has 3 nitrogen and oxygen atoms in total. The minimum absolute atomic E-state index is 0.0136. The second-order valence-electron chi connectivity index (χ2n) is 4.60. The molecule has 0 saturated carbocycles. The minimum Gasteiger partial charge on any atom is -0.384 e. The minimum atomic E-state index is -4.70. The predicted octanol–water partition coefficient (Wildman–Crippen LogP) is 3.21. The molecule has 0 aliphatic rings. The fourth-order valence-corrected chi connectivity index (χ4v) is 2.05. The van der Waals surface area contributed by atoms with Gasteiger partial charge in [-0.25, -0.2) is 9.37 Å². The maximum absolute atomic E-state index is 13.4. The lowest BCUT2D eigenvalue weighted by Crippen LogP contribution is -2.11. The van der Waals surface area contributed by atoms with Gasteiger partial charge in [-0.15, -0.1) is 0 Å². The Bertz CT molecular complexity index is 650. The number of aromatic nitrogens is 1. The molecule has 112 valence electrons. The number of halogens is 4. The number of anilines is 1. The number of nitrogens with zero attached hydrogens (tertiary/aromatic N) is 1.